The lowest BCUT2D eigenvalue weighted by Crippen LogP contribution is -2.27. The van der Waals surface area contributed by atoms with E-state index in [1.165, 1.54) is 3.57 Å². The van der Waals surface area contributed by atoms with Gasteiger partial charge in [0.25, 0.3) is 0 Å². The average Bonchev–Trinajstić information content (AvgIpc) is 2.46. The van der Waals surface area contributed by atoms with E-state index in [0.29, 0.717) is 12.3 Å². The second kappa shape index (κ2) is 7.68. The van der Waals surface area contributed by atoms with Gasteiger partial charge < -0.3 is 9.47 Å². The molecule has 0 radical (unpaired) electrons. The van der Waals surface area contributed by atoms with Crippen LogP contribution >= 0.6 is 22.6 Å². The van der Waals surface area contributed by atoms with Crippen molar-refractivity contribution in [2.45, 2.75) is 33.0 Å². The van der Waals surface area contributed by atoms with E-state index in [1.54, 1.807) is 12.1 Å². The van der Waals surface area contributed by atoms with Crippen LogP contribution in [0.3, 0.4) is 0 Å². The van der Waals surface area contributed by atoms with E-state index >= 15 is 0 Å². The van der Waals surface area contributed by atoms with E-state index in [9.17, 15) is 4.79 Å². The molecule has 1 N–H and O–H groups in total. The van der Waals surface area contributed by atoms with Crippen molar-refractivity contribution in [3.05, 3.63) is 57.7 Å². The number of halogens is 1. The summed E-state index contributed by atoms with van der Waals surface area (Å²) in [5, 5.41) is 2.69. The summed E-state index contributed by atoms with van der Waals surface area (Å²) in [6.45, 7) is 5.99. The van der Waals surface area contributed by atoms with Gasteiger partial charge in [0.1, 0.15) is 18.0 Å². The minimum atomic E-state index is -0.513. The number of carbonyl (C=O) groups excluding carboxylic acids is 1. The van der Waals surface area contributed by atoms with E-state index in [4.69, 9.17) is 9.47 Å². The molecule has 0 atom stereocenters. The molecule has 0 spiro atoms. The molecule has 0 aromatic heterocycles. The number of benzene rings is 2. The Labute approximate surface area is 150 Å². The van der Waals surface area contributed by atoms with Crippen LogP contribution in [-0.4, -0.2) is 11.7 Å². The molecule has 0 bridgehead atoms. The van der Waals surface area contributed by atoms with Crippen molar-refractivity contribution in [1.29, 1.82) is 0 Å². The van der Waals surface area contributed by atoms with Crippen molar-refractivity contribution >= 4 is 34.4 Å². The topological polar surface area (TPSA) is 47.6 Å². The standard InChI is InChI=1S/C18H20INO3/c1-18(2,3)23-17(21)20-15-8-10-16(11-9-15)22-12-13-4-6-14(19)7-5-13/h4-11H,12H2,1-3H3,(H,20,21). The number of ether oxygens (including phenoxy) is 2. The lowest BCUT2D eigenvalue weighted by Gasteiger charge is -2.19. The molecule has 0 aliphatic rings. The number of rotatable bonds is 4. The number of nitrogens with one attached hydrogen (secondary N) is 1. The molecule has 23 heavy (non-hydrogen) atoms. The summed E-state index contributed by atoms with van der Waals surface area (Å²) in [7, 11) is 0. The zero-order chi connectivity index (χ0) is 16.9. The van der Waals surface area contributed by atoms with Gasteiger partial charge in [0.15, 0.2) is 0 Å². The lowest BCUT2D eigenvalue weighted by atomic mass is 10.2. The largest absolute Gasteiger partial charge is 0.489 e. The number of amides is 1. The van der Waals surface area contributed by atoms with Crippen LogP contribution in [-0.2, 0) is 11.3 Å². The maximum absolute atomic E-state index is 11.7. The average molecular weight is 425 g/mol. The van der Waals surface area contributed by atoms with Crippen LogP contribution in [0, 0.1) is 3.57 Å². The molecular weight excluding hydrogens is 405 g/mol. The normalized spacial score (nSPS) is 11.0. The molecule has 4 nitrogen and oxygen atoms in total. The first-order valence-electron chi connectivity index (χ1n) is 7.29. The molecule has 0 aliphatic carbocycles. The molecule has 2 aromatic carbocycles. The van der Waals surface area contributed by atoms with Gasteiger partial charge in [-0.25, -0.2) is 4.79 Å². The molecule has 0 saturated heterocycles. The number of hydrogen-bond donors (Lipinski definition) is 1. The Balaban J connectivity index is 1.87. The molecule has 0 unspecified atom stereocenters. The smallest absolute Gasteiger partial charge is 0.412 e. The van der Waals surface area contributed by atoms with Gasteiger partial charge in [-0.1, -0.05) is 12.1 Å². The Bertz CT molecular complexity index is 645. The molecule has 2 aromatic rings. The number of hydrogen-bond acceptors (Lipinski definition) is 3. The summed E-state index contributed by atoms with van der Waals surface area (Å²) >= 11 is 2.27. The molecular formula is C18H20INO3. The van der Waals surface area contributed by atoms with Gasteiger partial charge in [-0.2, -0.15) is 0 Å². The van der Waals surface area contributed by atoms with Crippen molar-refractivity contribution in [2.24, 2.45) is 0 Å². The highest BCUT2D eigenvalue weighted by molar-refractivity contribution is 14.1. The van der Waals surface area contributed by atoms with Crippen LogP contribution in [0.15, 0.2) is 48.5 Å². The molecule has 122 valence electrons. The maximum atomic E-state index is 11.7. The first-order valence-corrected chi connectivity index (χ1v) is 8.37. The van der Waals surface area contributed by atoms with E-state index < -0.39 is 11.7 Å². The fourth-order valence-corrected chi connectivity index (χ4v) is 2.16. The fraction of sp³-hybridized carbons (Fsp3) is 0.278. The highest BCUT2D eigenvalue weighted by Gasteiger charge is 2.16. The van der Waals surface area contributed by atoms with Gasteiger partial charge >= 0.3 is 6.09 Å². The summed E-state index contributed by atoms with van der Waals surface area (Å²) in [5.41, 5.74) is 1.27. The molecule has 2 rings (SSSR count). The predicted molar refractivity (Wildman–Crippen MR) is 99.8 cm³/mol. The van der Waals surface area contributed by atoms with Crippen LogP contribution < -0.4 is 10.1 Å². The molecule has 0 heterocycles. The van der Waals surface area contributed by atoms with Crippen LogP contribution in [0.2, 0.25) is 0 Å². The third-order valence-corrected chi connectivity index (χ3v) is 3.54. The zero-order valence-corrected chi connectivity index (χ0v) is 15.6. The summed E-state index contributed by atoms with van der Waals surface area (Å²) in [5.74, 6) is 0.748. The van der Waals surface area contributed by atoms with E-state index in [1.807, 2.05) is 57.2 Å². The van der Waals surface area contributed by atoms with Gasteiger partial charge in [-0.3, -0.25) is 5.32 Å². The van der Waals surface area contributed by atoms with Gasteiger partial charge in [0.05, 0.1) is 0 Å². The van der Waals surface area contributed by atoms with Crippen molar-refractivity contribution in [2.75, 3.05) is 5.32 Å². The van der Waals surface area contributed by atoms with Gasteiger partial charge in [-0.15, -0.1) is 0 Å². The van der Waals surface area contributed by atoms with E-state index in [2.05, 4.69) is 27.9 Å². The molecule has 0 saturated carbocycles. The monoisotopic (exact) mass is 425 g/mol. The van der Waals surface area contributed by atoms with Crippen LogP contribution in [0.1, 0.15) is 26.3 Å². The summed E-state index contributed by atoms with van der Waals surface area (Å²) in [6.07, 6.45) is -0.468. The van der Waals surface area contributed by atoms with Crippen LogP contribution in [0.25, 0.3) is 0 Å². The molecule has 1 amide bonds. The molecule has 0 fully saturated rings. The van der Waals surface area contributed by atoms with Crippen molar-refractivity contribution in [3.8, 4) is 5.75 Å². The van der Waals surface area contributed by atoms with Gasteiger partial charge in [-0.05, 0) is 85.3 Å². The fourth-order valence-electron chi connectivity index (χ4n) is 1.80. The third-order valence-electron chi connectivity index (χ3n) is 2.82. The number of anilines is 1. The van der Waals surface area contributed by atoms with Crippen molar-refractivity contribution < 1.29 is 14.3 Å². The molecule has 0 aliphatic heterocycles. The minimum absolute atomic E-state index is 0.468. The van der Waals surface area contributed by atoms with E-state index in [-0.39, 0.29) is 0 Å². The maximum Gasteiger partial charge on any atom is 0.412 e. The second-order valence-electron chi connectivity index (χ2n) is 6.07. The Morgan fingerprint density at radius 3 is 2.22 bits per heavy atom. The van der Waals surface area contributed by atoms with Crippen LogP contribution in [0.5, 0.6) is 5.75 Å². The van der Waals surface area contributed by atoms with Gasteiger partial charge in [0.2, 0.25) is 0 Å². The summed E-state index contributed by atoms with van der Waals surface area (Å²) in [4.78, 5) is 11.7. The zero-order valence-electron chi connectivity index (χ0n) is 13.4. The van der Waals surface area contributed by atoms with E-state index in [0.717, 1.165) is 11.3 Å². The van der Waals surface area contributed by atoms with Gasteiger partial charge in [0, 0.05) is 9.26 Å². The number of carbonyl (C=O) groups is 1. The highest BCUT2D eigenvalue weighted by Crippen LogP contribution is 2.18. The first kappa shape index (κ1) is 17.6. The first-order chi connectivity index (χ1) is 10.8. The minimum Gasteiger partial charge on any atom is -0.489 e. The predicted octanol–water partition coefficient (Wildman–Crippen LogP) is 5.22. The molecule has 5 heteroatoms. The highest BCUT2D eigenvalue weighted by atomic mass is 127. The van der Waals surface area contributed by atoms with Crippen molar-refractivity contribution in [3.63, 3.8) is 0 Å². The van der Waals surface area contributed by atoms with Crippen LogP contribution in [0.4, 0.5) is 10.5 Å². The lowest BCUT2D eigenvalue weighted by molar-refractivity contribution is 0.0636. The Morgan fingerprint density at radius 2 is 1.65 bits per heavy atom. The second-order valence-corrected chi connectivity index (χ2v) is 7.31. The quantitative estimate of drug-likeness (QED) is 0.684. The summed E-state index contributed by atoms with van der Waals surface area (Å²) in [6, 6.07) is 15.4. The SMILES string of the molecule is CC(C)(C)OC(=O)Nc1ccc(OCc2ccc(I)cc2)cc1. The Kier molecular flexibility index (Phi) is 5.87. The Morgan fingerprint density at radius 1 is 1.04 bits per heavy atom. The van der Waals surface area contributed by atoms with Crippen molar-refractivity contribution in [1.82, 2.24) is 0 Å². The summed E-state index contributed by atoms with van der Waals surface area (Å²) < 4.78 is 12.1. The Hall–Kier alpha value is -1.76. The third kappa shape index (κ3) is 6.48.